The molecule has 2 N–H and O–H groups in total. The first-order chi connectivity index (χ1) is 16.8. The van der Waals surface area contributed by atoms with Crippen molar-refractivity contribution in [2.24, 2.45) is 0 Å². The van der Waals surface area contributed by atoms with Crippen LogP contribution < -0.4 is 9.62 Å². The van der Waals surface area contributed by atoms with E-state index in [1.165, 1.54) is 19.2 Å². The molecule has 4 rings (SSSR count). The summed E-state index contributed by atoms with van der Waals surface area (Å²) in [6, 6.07) is 9.36. The van der Waals surface area contributed by atoms with Gasteiger partial charge in [-0.25, -0.2) is 8.60 Å². The third-order valence-corrected chi connectivity index (χ3v) is 6.90. The lowest BCUT2D eigenvalue weighted by molar-refractivity contribution is -0.0450. The lowest BCUT2D eigenvalue weighted by Crippen LogP contribution is -2.36. The molecule has 188 valence electrons. The SMILES string of the molecule is CNC(=O)c1c(-c2ccc(F)cc2)oc2cc3c(cc12)C(C)OC(COCCCO)CN3S(C)=O. The summed E-state index contributed by atoms with van der Waals surface area (Å²) in [7, 11) is 0.171. The molecule has 1 aliphatic rings. The van der Waals surface area contributed by atoms with Crippen molar-refractivity contribution in [2.45, 2.75) is 25.6 Å². The summed E-state index contributed by atoms with van der Waals surface area (Å²) in [5.74, 6) is -0.399. The van der Waals surface area contributed by atoms with Crippen LogP contribution in [0.3, 0.4) is 0 Å². The predicted molar refractivity (Wildman–Crippen MR) is 132 cm³/mol. The minimum absolute atomic E-state index is 0.0467. The van der Waals surface area contributed by atoms with Gasteiger partial charge in [-0.15, -0.1) is 0 Å². The van der Waals surface area contributed by atoms with Crippen LogP contribution in [0.25, 0.3) is 22.3 Å². The molecule has 2 aromatic carbocycles. The van der Waals surface area contributed by atoms with E-state index in [9.17, 15) is 13.4 Å². The van der Waals surface area contributed by atoms with Crippen molar-refractivity contribution in [2.75, 3.05) is 44.0 Å². The smallest absolute Gasteiger partial charge is 0.255 e. The summed E-state index contributed by atoms with van der Waals surface area (Å²) in [6.45, 7) is 2.97. The number of carbonyl (C=O) groups excluding carboxylic acids is 1. The average molecular weight is 505 g/mol. The highest BCUT2D eigenvalue weighted by molar-refractivity contribution is 7.85. The number of amides is 1. The van der Waals surface area contributed by atoms with E-state index in [2.05, 4.69) is 5.32 Å². The first-order valence-corrected chi connectivity index (χ1v) is 12.9. The molecular weight excluding hydrogens is 475 g/mol. The molecule has 3 unspecified atom stereocenters. The zero-order valence-electron chi connectivity index (χ0n) is 19.9. The van der Waals surface area contributed by atoms with Crippen molar-refractivity contribution in [3.63, 3.8) is 0 Å². The topological polar surface area (TPSA) is 101 Å². The largest absolute Gasteiger partial charge is 0.455 e. The van der Waals surface area contributed by atoms with Gasteiger partial charge in [-0.1, -0.05) is 0 Å². The molecule has 3 aromatic rings. The minimum Gasteiger partial charge on any atom is -0.455 e. The summed E-state index contributed by atoms with van der Waals surface area (Å²) < 4.78 is 46.0. The first kappa shape index (κ1) is 25.3. The second-order valence-corrected chi connectivity index (χ2v) is 9.62. The summed E-state index contributed by atoms with van der Waals surface area (Å²) in [4.78, 5) is 12.9. The van der Waals surface area contributed by atoms with Gasteiger partial charge in [-0.2, -0.15) is 0 Å². The second-order valence-electron chi connectivity index (χ2n) is 8.34. The number of hydrogen-bond acceptors (Lipinski definition) is 6. The second kappa shape index (κ2) is 10.9. The predicted octanol–water partition coefficient (Wildman–Crippen LogP) is 3.56. The van der Waals surface area contributed by atoms with Crippen LogP contribution in [0.15, 0.2) is 40.8 Å². The Morgan fingerprint density at radius 1 is 1.31 bits per heavy atom. The number of carbonyl (C=O) groups is 1. The lowest BCUT2D eigenvalue weighted by atomic mass is 10.0. The van der Waals surface area contributed by atoms with Crippen LogP contribution in [0.2, 0.25) is 0 Å². The summed E-state index contributed by atoms with van der Waals surface area (Å²) in [6.07, 6.45) is 1.40. The Labute approximate surface area is 205 Å². The molecule has 35 heavy (non-hydrogen) atoms. The fourth-order valence-electron chi connectivity index (χ4n) is 4.25. The average Bonchev–Trinajstić information content (AvgIpc) is 3.15. The van der Waals surface area contributed by atoms with Gasteiger partial charge in [0.15, 0.2) is 0 Å². The minimum atomic E-state index is -1.36. The number of ether oxygens (including phenoxy) is 2. The zero-order valence-corrected chi connectivity index (χ0v) is 20.7. The zero-order chi connectivity index (χ0) is 25.1. The van der Waals surface area contributed by atoms with E-state index in [1.54, 1.807) is 28.8 Å². The van der Waals surface area contributed by atoms with Crippen molar-refractivity contribution >= 4 is 33.5 Å². The van der Waals surface area contributed by atoms with Gasteiger partial charge < -0.3 is 24.3 Å². The van der Waals surface area contributed by atoms with E-state index in [1.807, 2.05) is 13.0 Å². The standard InChI is InChI=1S/C25H29FN2O6S/c1-15-19-11-20-22(34-24(23(20)25(30)27-2)16-5-7-17(26)8-6-16)12-21(19)28(35(3)31)13-18(33-15)14-32-10-4-9-29/h5-8,11-12,15,18,29H,4,9-10,13-14H2,1-3H3,(H,27,30). The van der Waals surface area contributed by atoms with Crippen LogP contribution in [0.1, 0.15) is 35.4 Å². The summed E-state index contributed by atoms with van der Waals surface area (Å²) in [5.41, 5.74) is 2.80. The van der Waals surface area contributed by atoms with Crippen molar-refractivity contribution in [1.29, 1.82) is 0 Å². The highest BCUT2D eigenvalue weighted by atomic mass is 32.2. The van der Waals surface area contributed by atoms with Gasteiger partial charge in [0.05, 0.1) is 30.5 Å². The molecule has 0 bridgehead atoms. The number of nitrogens with zero attached hydrogens (tertiary/aromatic N) is 1. The quantitative estimate of drug-likeness (QED) is 0.455. The molecule has 0 saturated heterocycles. The molecule has 0 spiro atoms. The molecule has 0 fully saturated rings. The maximum atomic E-state index is 13.5. The molecule has 0 aliphatic carbocycles. The van der Waals surface area contributed by atoms with Gasteiger partial charge in [-0.05, 0) is 43.7 Å². The van der Waals surface area contributed by atoms with E-state index >= 15 is 0 Å². The van der Waals surface area contributed by atoms with E-state index < -0.39 is 11.0 Å². The number of furan rings is 1. The molecule has 10 heteroatoms. The first-order valence-electron chi connectivity index (χ1n) is 11.4. The number of aliphatic hydroxyl groups is 1. The van der Waals surface area contributed by atoms with Crippen LogP contribution in [-0.2, 0) is 20.5 Å². The van der Waals surface area contributed by atoms with Crippen molar-refractivity contribution in [1.82, 2.24) is 5.32 Å². The van der Waals surface area contributed by atoms with Crippen LogP contribution in [0, 0.1) is 5.82 Å². The molecule has 1 aromatic heterocycles. The van der Waals surface area contributed by atoms with Crippen molar-refractivity contribution < 1.29 is 32.4 Å². The van der Waals surface area contributed by atoms with Gasteiger partial charge in [0, 0.05) is 49.1 Å². The maximum absolute atomic E-state index is 13.5. The van der Waals surface area contributed by atoms with Crippen LogP contribution in [0.4, 0.5) is 10.1 Å². The van der Waals surface area contributed by atoms with Gasteiger partial charge in [0.2, 0.25) is 0 Å². The number of nitrogens with one attached hydrogen (secondary N) is 1. The molecule has 0 saturated carbocycles. The number of benzene rings is 2. The fourth-order valence-corrected chi connectivity index (χ4v) is 5.06. The number of hydrogen-bond donors (Lipinski definition) is 2. The number of halogens is 1. The van der Waals surface area contributed by atoms with E-state index in [0.29, 0.717) is 59.7 Å². The highest BCUT2D eigenvalue weighted by Crippen LogP contribution is 2.41. The third-order valence-electron chi connectivity index (χ3n) is 5.93. The normalized spacial score (nSPS) is 18.8. The molecule has 1 amide bonds. The molecule has 3 atom stereocenters. The van der Waals surface area contributed by atoms with E-state index in [0.717, 1.165) is 5.56 Å². The lowest BCUT2D eigenvalue weighted by Gasteiger charge is -2.24. The number of fused-ring (bicyclic) bond motifs is 2. The van der Waals surface area contributed by atoms with Crippen LogP contribution >= 0.6 is 0 Å². The summed E-state index contributed by atoms with van der Waals surface area (Å²) in [5, 5.41) is 12.2. The number of aliphatic hydroxyl groups excluding tert-OH is 1. The van der Waals surface area contributed by atoms with Gasteiger partial charge in [0.25, 0.3) is 5.91 Å². The molecule has 1 aliphatic heterocycles. The summed E-state index contributed by atoms with van der Waals surface area (Å²) >= 11 is 0. The Balaban J connectivity index is 1.81. The van der Waals surface area contributed by atoms with Gasteiger partial charge >= 0.3 is 0 Å². The Morgan fingerprint density at radius 3 is 2.71 bits per heavy atom. The Bertz CT molecular complexity index is 1230. The Kier molecular flexibility index (Phi) is 7.85. The molecule has 2 heterocycles. The molecule has 8 nitrogen and oxygen atoms in total. The molecule has 0 radical (unpaired) electrons. The molecular formula is C25H29FN2O6S. The third kappa shape index (κ3) is 5.25. The Hall–Kier alpha value is -2.79. The van der Waals surface area contributed by atoms with Crippen molar-refractivity contribution in [3.8, 4) is 11.3 Å². The fraction of sp³-hybridized carbons (Fsp3) is 0.400. The monoisotopic (exact) mass is 504 g/mol. The van der Waals surface area contributed by atoms with E-state index in [-0.39, 0.29) is 30.5 Å². The van der Waals surface area contributed by atoms with Gasteiger partial charge in [-0.3, -0.25) is 9.10 Å². The number of anilines is 1. The number of rotatable bonds is 8. The highest BCUT2D eigenvalue weighted by Gasteiger charge is 2.31. The van der Waals surface area contributed by atoms with Crippen LogP contribution in [0.5, 0.6) is 0 Å². The van der Waals surface area contributed by atoms with E-state index in [4.69, 9.17) is 19.0 Å². The van der Waals surface area contributed by atoms with Crippen LogP contribution in [-0.4, -0.2) is 61.0 Å². The Morgan fingerprint density at radius 2 is 2.06 bits per heavy atom. The van der Waals surface area contributed by atoms with Gasteiger partial charge in [0.1, 0.15) is 34.3 Å². The van der Waals surface area contributed by atoms with Crippen molar-refractivity contribution in [3.05, 3.63) is 53.3 Å². The maximum Gasteiger partial charge on any atom is 0.255 e.